The zero-order valence-electron chi connectivity index (χ0n) is 19.0. The maximum absolute atomic E-state index is 13.6. The van der Waals surface area contributed by atoms with Crippen molar-refractivity contribution in [3.8, 4) is 0 Å². The van der Waals surface area contributed by atoms with E-state index in [4.69, 9.17) is 0 Å². The van der Waals surface area contributed by atoms with Crippen LogP contribution in [-0.2, 0) is 11.3 Å². The van der Waals surface area contributed by atoms with Crippen LogP contribution in [0.1, 0.15) is 36.2 Å². The normalized spacial score (nSPS) is 15.1. The Bertz CT molecular complexity index is 1130. The van der Waals surface area contributed by atoms with E-state index >= 15 is 0 Å². The summed E-state index contributed by atoms with van der Waals surface area (Å²) in [7, 11) is 0. The van der Waals surface area contributed by atoms with Crippen molar-refractivity contribution in [3.05, 3.63) is 89.5 Å². The van der Waals surface area contributed by atoms with E-state index < -0.39 is 0 Å². The third kappa shape index (κ3) is 5.08. The summed E-state index contributed by atoms with van der Waals surface area (Å²) in [5.74, 6) is -0.450. The fourth-order valence-electron chi connectivity index (χ4n) is 4.35. The summed E-state index contributed by atoms with van der Waals surface area (Å²) in [4.78, 5) is 29.8. The standard InChI is InChI=1S/C26H29FN4O2/c1-3-13-30(26(33)28-22-7-4-6-19(2)17-22)18-24(32)31-16-15-29-14-5-8-23(29)25(31)20-9-11-21(27)12-10-20/h4-12,14,17,25H,3,13,15-16,18H2,1-2H3,(H,28,33). The lowest BCUT2D eigenvalue weighted by molar-refractivity contribution is -0.134. The van der Waals surface area contributed by atoms with E-state index in [1.165, 1.54) is 12.1 Å². The van der Waals surface area contributed by atoms with Crippen molar-refractivity contribution in [2.24, 2.45) is 0 Å². The molecule has 1 aliphatic heterocycles. The molecule has 2 heterocycles. The molecule has 4 rings (SSSR count). The first-order chi connectivity index (χ1) is 16.0. The van der Waals surface area contributed by atoms with Crippen molar-refractivity contribution >= 4 is 17.6 Å². The average molecular weight is 449 g/mol. The summed E-state index contributed by atoms with van der Waals surface area (Å²) in [6, 6.07) is 17.2. The fourth-order valence-corrected chi connectivity index (χ4v) is 4.35. The number of halogens is 1. The van der Waals surface area contributed by atoms with E-state index in [-0.39, 0.29) is 30.3 Å². The first-order valence-electron chi connectivity index (χ1n) is 11.3. The minimum Gasteiger partial charge on any atom is -0.348 e. The molecule has 6 nitrogen and oxygen atoms in total. The third-order valence-corrected chi connectivity index (χ3v) is 5.92. The summed E-state index contributed by atoms with van der Waals surface area (Å²) in [5.41, 5.74) is 3.57. The van der Waals surface area contributed by atoms with Gasteiger partial charge in [0, 0.05) is 37.2 Å². The number of hydrogen-bond acceptors (Lipinski definition) is 2. The van der Waals surface area contributed by atoms with Crippen LogP contribution in [0.3, 0.4) is 0 Å². The van der Waals surface area contributed by atoms with Crippen LogP contribution in [0.2, 0.25) is 0 Å². The molecule has 33 heavy (non-hydrogen) atoms. The number of carbonyl (C=O) groups excluding carboxylic acids is 2. The monoisotopic (exact) mass is 448 g/mol. The predicted molar refractivity (Wildman–Crippen MR) is 126 cm³/mol. The number of amides is 3. The number of carbonyl (C=O) groups is 2. The number of benzene rings is 2. The summed E-state index contributed by atoms with van der Waals surface area (Å²) in [6.45, 7) is 5.58. The SMILES string of the molecule is CCCN(CC(=O)N1CCn2cccc2C1c1ccc(F)cc1)C(=O)Nc1cccc(C)c1. The van der Waals surface area contributed by atoms with Gasteiger partial charge >= 0.3 is 6.03 Å². The highest BCUT2D eigenvalue weighted by molar-refractivity contribution is 5.92. The van der Waals surface area contributed by atoms with Gasteiger partial charge in [0.05, 0.1) is 6.04 Å². The van der Waals surface area contributed by atoms with Gasteiger partial charge in [-0.2, -0.15) is 0 Å². The Morgan fingerprint density at radius 3 is 2.61 bits per heavy atom. The van der Waals surface area contributed by atoms with E-state index in [0.29, 0.717) is 25.3 Å². The van der Waals surface area contributed by atoms with Crippen LogP contribution in [0.5, 0.6) is 0 Å². The minimum atomic E-state index is -0.329. The van der Waals surface area contributed by atoms with Crippen LogP contribution in [0.4, 0.5) is 14.9 Å². The average Bonchev–Trinajstić information content (AvgIpc) is 3.27. The number of fused-ring (bicyclic) bond motifs is 1. The van der Waals surface area contributed by atoms with Crippen molar-refractivity contribution in [3.63, 3.8) is 0 Å². The Labute approximate surface area is 193 Å². The molecule has 0 radical (unpaired) electrons. The Morgan fingerprint density at radius 2 is 1.88 bits per heavy atom. The number of hydrogen-bond donors (Lipinski definition) is 1. The fraction of sp³-hybridized carbons (Fsp3) is 0.308. The second-order valence-electron chi connectivity index (χ2n) is 8.39. The molecular formula is C26H29FN4O2. The molecule has 0 fully saturated rings. The van der Waals surface area contributed by atoms with Gasteiger partial charge in [0.25, 0.3) is 0 Å². The number of nitrogens with zero attached hydrogens (tertiary/aromatic N) is 3. The third-order valence-electron chi connectivity index (χ3n) is 5.92. The van der Waals surface area contributed by atoms with Crippen molar-refractivity contribution in [2.75, 3.05) is 25.0 Å². The smallest absolute Gasteiger partial charge is 0.322 e. The zero-order valence-corrected chi connectivity index (χ0v) is 19.0. The lowest BCUT2D eigenvalue weighted by Gasteiger charge is -2.38. The predicted octanol–water partition coefficient (Wildman–Crippen LogP) is 4.81. The summed E-state index contributed by atoms with van der Waals surface area (Å²) >= 11 is 0. The molecule has 172 valence electrons. The molecule has 7 heteroatoms. The highest BCUT2D eigenvalue weighted by atomic mass is 19.1. The molecule has 3 amide bonds. The van der Waals surface area contributed by atoms with Gasteiger partial charge < -0.3 is 19.7 Å². The van der Waals surface area contributed by atoms with Gasteiger partial charge in [-0.15, -0.1) is 0 Å². The van der Waals surface area contributed by atoms with Crippen molar-refractivity contribution < 1.29 is 14.0 Å². The molecule has 1 aliphatic rings. The van der Waals surface area contributed by atoms with Crippen molar-refractivity contribution in [1.29, 1.82) is 0 Å². The number of urea groups is 1. The van der Waals surface area contributed by atoms with Gasteiger partial charge in [-0.3, -0.25) is 4.79 Å². The molecule has 1 unspecified atom stereocenters. The quantitative estimate of drug-likeness (QED) is 0.588. The molecule has 1 atom stereocenters. The lowest BCUT2D eigenvalue weighted by Crippen LogP contribution is -2.48. The number of nitrogens with one attached hydrogen (secondary N) is 1. The zero-order chi connectivity index (χ0) is 23.4. The second-order valence-corrected chi connectivity index (χ2v) is 8.39. The van der Waals surface area contributed by atoms with Gasteiger partial charge in [-0.05, 0) is 60.9 Å². The molecule has 1 N–H and O–H groups in total. The van der Waals surface area contributed by atoms with Gasteiger partial charge in [0.1, 0.15) is 12.4 Å². The Balaban J connectivity index is 1.55. The van der Waals surface area contributed by atoms with E-state index in [1.54, 1.807) is 21.9 Å². The lowest BCUT2D eigenvalue weighted by atomic mass is 9.99. The van der Waals surface area contributed by atoms with E-state index in [2.05, 4.69) is 9.88 Å². The Kier molecular flexibility index (Phi) is 6.77. The summed E-state index contributed by atoms with van der Waals surface area (Å²) in [5, 5.41) is 2.91. The van der Waals surface area contributed by atoms with Crippen LogP contribution in [0, 0.1) is 12.7 Å². The molecule has 0 aliphatic carbocycles. The van der Waals surface area contributed by atoms with Crippen LogP contribution in [-0.4, -0.2) is 45.9 Å². The Hall–Kier alpha value is -3.61. The molecule has 0 bridgehead atoms. The van der Waals surface area contributed by atoms with Gasteiger partial charge in [-0.25, -0.2) is 9.18 Å². The first kappa shape index (κ1) is 22.6. The minimum absolute atomic E-state index is 0.0239. The van der Waals surface area contributed by atoms with Crippen LogP contribution in [0.15, 0.2) is 66.9 Å². The molecular weight excluding hydrogens is 419 g/mol. The van der Waals surface area contributed by atoms with E-state index in [1.807, 2.05) is 56.4 Å². The summed E-state index contributed by atoms with van der Waals surface area (Å²) < 4.78 is 15.7. The molecule has 0 spiro atoms. The van der Waals surface area contributed by atoms with Crippen molar-refractivity contribution in [1.82, 2.24) is 14.4 Å². The number of anilines is 1. The van der Waals surface area contributed by atoms with E-state index in [9.17, 15) is 14.0 Å². The molecule has 0 saturated carbocycles. The highest BCUT2D eigenvalue weighted by Gasteiger charge is 2.33. The molecule has 1 aromatic heterocycles. The largest absolute Gasteiger partial charge is 0.348 e. The first-order valence-corrected chi connectivity index (χ1v) is 11.3. The molecule has 0 saturated heterocycles. The number of aryl methyl sites for hydroxylation is 1. The van der Waals surface area contributed by atoms with Crippen LogP contribution >= 0.6 is 0 Å². The summed E-state index contributed by atoms with van der Waals surface area (Å²) in [6.07, 6.45) is 2.73. The van der Waals surface area contributed by atoms with Gasteiger partial charge in [-0.1, -0.05) is 31.2 Å². The van der Waals surface area contributed by atoms with Crippen molar-refractivity contribution in [2.45, 2.75) is 32.9 Å². The number of rotatable bonds is 6. The Morgan fingerprint density at radius 1 is 1.09 bits per heavy atom. The highest BCUT2D eigenvalue weighted by Crippen LogP contribution is 2.32. The van der Waals surface area contributed by atoms with E-state index in [0.717, 1.165) is 23.2 Å². The van der Waals surface area contributed by atoms with Gasteiger partial charge in [0.15, 0.2) is 0 Å². The topological polar surface area (TPSA) is 57.6 Å². The maximum Gasteiger partial charge on any atom is 0.322 e. The number of aromatic nitrogens is 1. The van der Waals surface area contributed by atoms with Crippen LogP contribution < -0.4 is 5.32 Å². The second kappa shape index (κ2) is 9.90. The van der Waals surface area contributed by atoms with Gasteiger partial charge in [0.2, 0.25) is 5.91 Å². The van der Waals surface area contributed by atoms with Crippen LogP contribution in [0.25, 0.3) is 0 Å². The molecule has 3 aromatic rings. The maximum atomic E-state index is 13.6. The molecule has 2 aromatic carbocycles.